The second kappa shape index (κ2) is 6.02. The van der Waals surface area contributed by atoms with Gasteiger partial charge in [-0.3, -0.25) is 4.79 Å². The number of nitrogens with two attached hydrogens (primary N) is 1. The number of carbonyl (C=O) groups excluding carboxylic acids is 1. The van der Waals surface area contributed by atoms with Crippen molar-refractivity contribution in [3.8, 4) is 0 Å². The molecule has 0 saturated heterocycles. The molecule has 0 aromatic carbocycles. The van der Waals surface area contributed by atoms with E-state index in [9.17, 15) is 4.79 Å². The van der Waals surface area contributed by atoms with Gasteiger partial charge in [0.25, 0.3) is 5.91 Å². The number of hydrogen-bond acceptors (Lipinski definition) is 5. The number of anilines is 1. The zero-order valence-electron chi connectivity index (χ0n) is 9.51. The molecule has 0 aliphatic rings. The topological polar surface area (TPSA) is 81.3 Å². The molecule has 0 spiro atoms. The van der Waals surface area contributed by atoms with Crippen LogP contribution >= 0.6 is 0 Å². The standard InChI is InChI=1S/C10H16N4O2/c1-3-14(6-7-16-2)10(15)8-4-5-9(11)13-12-8/h4-5H,3,6-7H2,1-2H3,(H2,11,13). The Morgan fingerprint density at radius 2 is 2.25 bits per heavy atom. The van der Waals surface area contributed by atoms with Crippen LogP contribution in [0.1, 0.15) is 17.4 Å². The van der Waals surface area contributed by atoms with Crippen molar-refractivity contribution in [2.24, 2.45) is 0 Å². The van der Waals surface area contributed by atoms with Crippen LogP contribution in [0.5, 0.6) is 0 Å². The molecule has 0 bridgehead atoms. The summed E-state index contributed by atoms with van der Waals surface area (Å²) in [5.41, 5.74) is 5.70. The summed E-state index contributed by atoms with van der Waals surface area (Å²) in [5.74, 6) is 0.142. The zero-order chi connectivity index (χ0) is 12.0. The number of carbonyl (C=O) groups is 1. The fraction of sp³-hybridized carbons (Fsp3) is 0.500. The molecule has 0 fully saturated rings. The molecular formula is C10H16N4O2. The maximum atomic E-state index is 11.9. The lowest BCUT2D eigenvalue weighted by molar-refractivity contribution is 0.0699. The molecule has 1 aromatic rings. The van der Waals surface area contributed by atoms with E-state index >= 15 is 0 Å². The van der Waals surface area contributed by atoms with Gasteiger partial charge in [-0.15, -0.1) is 10.2 Å². The van der Waals surface area contributed by atoms with Gasteiger partial charge in [-0.1, -0.05) is 0 Å². The Hall–Kier alpha value is -1.69. The van der Waals surface area contributed by atoms with Gasteiger partial charge in [0, 0.05) is 20.2 Å². The van der Waals surface area contributed by atoms with Crippen LogP contribution in [-0.4, -0.2) is 47.8 Å². The van der Waals surface area contributed by atoms with Crippen LogP contribution in [0.3, 0.4) is 0 Å². The number of ether oxygens (including phenoxy) is 1. The predicted molar refractivity (Wildman–Crippen MR) is 59.9 cm³/mol. The van der Waals surface area contributed by atoms with Crippen molar-refractivity contribution in [2.45, 2.75) is 6.92 Å². The average molecular weight is 224 g/mol. The first kappa shape index (κ1) is 12.4. The van der Waals surface area contributed by atoms with Crippen LogP contribution < -0.4 is 5.73 Å². The summed E-state index contributed by atoms with van der Waals surface area (Å²) in [6.07, 6.45) is 0. The Balaban J connectivity index is 2.70. The lowest BCUT2D eigenvalue weighted by atomic mass is 10.3. The van der Waals surface area contributed by atoms with Gasteiger partial charge in [-0.25, -0.2) is 0 Å². The van der Waals surface area contributed by atoms with E-state index in [1.807, 2.05) is 6.92 Å². The van der Waals surface area contributed by atoms with Crippen LogP contribution in [0.2, 0.25) is 0 Å². The minimum Gasteiger partial charge on any atom is -0.383 e. The molecule has 0 aliphatic carbocycles. The van der Waals surface area contributed by atoms with Crippen LogP contribution in [0.4, 0.5) is 5.82 Å². The van der Waals surface area contributed by atoms with Gasteiger partial charge in [-0.2, -0.15) is 0 Å². The van der Waals surface area contributed by atoms with Gasteiger partial charge in [-0.05, 0) is 19.1 Å². The molecule has 6 heteroatoms. The summed E-state index contributed by atoms with van der Waals surface area (Å²) in [5, 5.41) is 7.39. The lowest BCUT2D eigenvalue weighted by Crippen LogP contribution is -2.34. The molecule has 1 rings (SSSR count). The normalized spacial score (nSPS) is 10.1. The number of methoxy groups -OCH3 is 1. The summed E-state index contributed by atoms with van der Waals surface area (Å²) in [6.45, 7) is 3.55. The number of rotatable bonds is 5. The molecule has 2 N–H and O–H groups in total. The van der Waals surface area contributed by atoms with Crippen LogP contribution in [0.15, 0.2) is 12.1 Å². The third-order valence-corrected chi connectivity index (χ3v) is 2.14. The summed E-state index contributed by atoms with van der Waals surface area (Å²) >= 11 is 0. The van der Waals surface area contributed by atoms with Crippen LogP contribution in [-0.2, 0) is 4.74 Å². The van der Waals surface area contributed by atoms with Gasteiger partial charge in [0.05, 0.1) is 6.61 Å². The minimum atomic E-state index is -0.160. The first-order valence-corrected chi connectivity index (χ1v) is 5.06. The summed E-state index contributed by atoms with van der Waals surface area (Å²) in [6, 6.07) is 3.13. The van der Waals surface area contributed by atoms with E-state index in [1.165, 1.54) is 0 Å². The maximum Gasteiger partial charge on any atom is 0.274 e. The Kier molecular flexibility index (Phi) is 4.65. The SMILES string of the molecule is CCN(CCOC)C(=O)c1ccc(N)nn1. The molecule has 6 nitrogen and oxygen atoms in total. The maximum absolute atomic E-state index is 11.9. The molecule has 0 atom stereocenters. The highest BCUT2D eigenvalue weighted by Gasteiger charge is 2.15. The van der Waals surface area contributed by atoms with E-state index < -0.39 is 0 Å². The zero-order valence-corrected chi connectivity index (χ0v) is 9.51. The van der Waals surface area contributed by atoms with E-state index in [4.69, 9.17) is 10.5 Å². The first-order chi connectivity index (χ1) is 7.69. The lowest BCUT2D eigenvalue weighted by Gasteiger charge is -2.19. The van der Waals surface area contributed by atoms with Crippen LogP contribution in [0.25, 0.3) is 0 Å². The number of amides is 1. The smallest absolute Gasteiger partial charge is 0.274 e. The molecule has 1 heterocycles. The molecule has 0 unspecified atom stereocenters. The molecule has 0 saturated carbocycles. The summed E-state index contributed by atoms with van der Waals surface area (Å²) < 4.78 is 4.93. The molecule has 0 aliphatic heterocycles. The molecule has 0 radical (unpaired) electrons. The van der Waals surface area contributed by atoms with E-state index in [0.29, 0.717) is 31.2 Å². The predicted octanol–water partition coefficient (Wildman–Crippen LogP) is 0.167. The molecule has 1 aromatic heterocycles. The van der Waals surface area contributed by atoms with Crippen LogP contribution in [0, 0.1) is 0 Å². The third-order valence-electron chi connectivity index (χ3n) is 2.14. The van der Waals surface area contributed by atoms with E-state index in [2.05, 4.69) is 10.2 Å². The Morgan fingerprint density at radius 3 is 2.75 bits per heavy atom. The second-order valence-corrected chi connectivity index (χ2v) is 3.22. The van der Waals surface area contributed by atoms with Crippen molar-refractivity contribution >= 4 is 11.7 Å². The summed E-state index contributed by atoms with van der Waals surface area (Å²) in [4.78, 5) is 13.6. The van der Waals surface area contributed by atoms with E-state index in [1.54, 1.807) is 24.1 Å². The van der Waals surface area contributed by atoms with Crippen molar-refractivity contribution in [2.75, 3.05) is 32.5 Å². The Bertz CT molecular complexity index is 339. The number of likely N-dealkylation sites (N-methyl/N-ethyl adjacent to an activating group) is 1. The van der Waals surface area contributed by atoms with E-state index in [0.717, 1.165) is 0 Å². The molecule has 88 valence electrons. The van der Waals surface area contributed by atoms with Gasteiger partial charge >= 0.3 is 0 Å². The van der Waals surface area contributed by atoms with Gasteiger partial charge in [0.2, 0.25) is 0 Å². The third kappa shape index (κ3) is 3.16. The number of nitrogens with zero attached hydrogens (tertiary/aromatic N) is 3. The number of aromatic nitrogens is 2. The van der Waals surface area contributed by atoms with Crippen molar-refractivity contribution in [3.05, 3.63) is 17.8 Å². The number of hydrogen-bond donors (Lipinski definition) is 1. The van der Waals surface area contributed by atoms with Crippen molar-refractivity contribution < 1.29 is 9.53 Å². The van der Waals surface area contributed by atoms with Gasteiger partial charge < -0.3 is 15.4 Å². The van der Waals surface area contributed by atoms with Crippen molar-refractivity contribution in [3.63, 3.8) is 0 Å². The summed E-state index contributed by atoms with van der Waals surface area (Å²) in [7, 11) is 1.60. The molecular weight excluding hydrogens is 208 g/mol. The fourth-order valence-electron chi connectivity index (χ4n) is 1.22. The quantitative estimate of drug-likeness (QED) is 0.770. The highest BCUT2D eigenvalue weighted by atomic mass is 16.5. The fourth-order valence-corrected chi connectivity index (χ4v) is 1.22. The van der Waals surface area contributed by atoms with Crippen molar-refractivity contribution in [1.29, 1.82) is 0 Å². The first-order valence-electron chi connectivity index (χ1n) is 5.06. The Morgan fingerprint density at radius 1 is 1.50 bits per heavy atom. The van der Waals surface area contributed by atoms with Crippen molar-refractivity contribution in [1.82, 2.24) is 15.1 Å². The van der Waals surface area contributed by atoms with Gasteiger partial charge in [0.15, 0.2) is 5.69 Å². The van der Waals surface area contributed by atoms with Gasteiger partial charge in [0.1, 0.15) is 5.82 Å². The Labute approximate surface area is 94.4 Å². The highest BCUT2D eigenvalue weighted by molar-refractivity contribution is 5.92. The second-order valence-electron chi connectivity index (χ2n) is 3.22. The average Bonchev–Trinajstić information content (AvgIpc) is 2.30. The minimum absolute atomic E-state index is 0.160. The highest BCUT2D eigenvalue weighted by Crippen LogP contribution is 2.02. The largest absolute Gasteiger partial charge is 0.383 e. The molecule has 1 amide bonds. The monoisotopic (exact) mass is 224 g/mol. The number of nitrogen functional groups attached to an aromatic ring is 1. The molecule has 16 heavy (non-hydrogen) atoms. The van der Waals surface area contributed by atoms with E-state index in [-0.39, 0.29) is 5.91 Å².